The van der Waals surface area contributed by atoms with E-state index in [0.717, 1.165) is 23.5 Å². The predicted octanol–water partition coefficient (Wildman–Crippen LogP) is 14.2. The zero-order valence-corrected chi connectivity index (χ0v) is 31.0. The topological polar surface area (TPSA) is 8.17 Å². The number of nitrogens with zero attached hydrogens (tertiary/aromatic N) is 2. The van der Waals surface area contributed by atoms with Crippen molar-refractivity contribution in [3.63, 3.8) is 0 Å². The molecule has 2 aliphatic carbocycles. The molecule has 0 radical (unpaired) electrons. The summed E-state index contributed by atoms with van der Waals surface area (Å²) in [5.41, 5.74) is 17.7. The van der Waals surface area contributed by atoms with Crippen LogP contribution in [0, 0.1) is 5.92 Å². The molecule has 260 valence electrons. The minimum absolute atomic E-state index is 0.00948. The number of rotatable bonds is 6. The molecule has 0 bridgehead atoms. The molecule has 7 aromatic carbocycles. The third-order valence-corrected chi connectivity index (χ3v) is 11.8. The third-order valence-electron chi connectivity index (χ3n) is 11.8. The fourth-order valence-corrected chi connectivity index (χ4v) is 9.31. The number of hydrogen-bond acceptors (Lipinski definition) is 1. The van der Waals surface area contributed by atoms with E-state index in [-0.39, 0.29) is 5.41 Å². The van der Waals surface area contributed by atoms with Crippen molar-refractivity contribution < 1.29 is 0 Å². The van der Waals surface area contributed by atoms with Gasteiger partial charge in [-0.3, -0.25) is 0 Å². The lowest BCUT2D eigenvalue weighted by Gasteiger charge is -2.31. The Hall–Kier alpha value is -6.38. The van der Waals surface area contributed by atoms with Crippen molar-refractivity contribution in [3.8, 4) is 27.9 Å². The maximum atomic E-state index is 2.44. The van der Waals surface area contributed by atoms with Crippen LogP contribution in [0.15, 0.2) is 188 Å². The molecule has 0 saturated carbocycles. The number of benzene rings is 7. The molecular formula is C52H42N2. The molecule has 54 heavy (non-hydrogen) atoms. The summed E-state index contributed by atoms with van der Waals surface area (Å²) in [4.78, 5) is 2.40. The Morgan fingerprint density at radius 2 is 1.13 bits per heavy atom. The molecule has 0 saturated heterocycles. The SMILES string of the molecule is CC1CC=CC2=C1C(C)(C)c1cc(N(c3ccccc3)c3ccc(-c4ccc5c(c4)c4ccccc4n5-c4ccc(-c5ccccc5)cc4)cc3)ccc12. The van der Waals surface area contributed by atoms with E-state index in [9.17, 15) is 0 Å². The van der Waals surface area contributed by atoms with Crippen molar-refractivity contribution in [2.24, 2.45) is 5.92 Å². The molecule has 1 aromatic heterocycles. The molecule has 8 aromatic rings. The van der Waals surface area contributed by atoms with Crippen molar-refractivity contribution in [2.45, 2.75) is 32.6 Å². The molecule has 10 rings (SSSR count). The molecular weight excluding hydrogens is 653 g/mol. The highest BCUT2D eigenvalue weighted by Crippen LogP contribution is 2.53. The van der Waals surface area contributed by atoms with E-state index in [1.165, 1.54) is 66.4 Å². The highest BCUT2D eigenvalue weighted by atomic mass is 15.1. The van der Waals surface area contributed by atoms with Gasteiger partial charge in [0.2, 0.25) is 0 Å². The molecule has 0 amide bonds. The first kappa shape index (κ1) is 32.3. The van der Waals surface area contributed by atoms with Crippen LogP contribution in [0.3, 0.4) is 0 Å². The zero-order valence-electron chi connectivity index (χ0n) is 31.0. The smallest absolute Gasteiger partial charge is 0.0541 e. The standard InChI is InChI=1S/C52H42N2/c1-35-13-12-19-46-44-31-30-43(34-48(44)52(2,3)51(35)46)53(40-16-8-5-9-17-40)41-26-23-38(24-27-41)39-25-32-50-47(33-39)45-18-10-11-20-49(45)54(50)42-28-21-37(22-29-42)36-14-6-4-7-15-36/h4-12,14-35H,13H2,1-3H3. The molecule has 2 aliphatic rings. The second-order valence-electron chi connectivity index (χ2n) is 15.4. The number of allylic oxidation sites excluding steroid dienone is 4. The van der Waals surface area contributed by atoms with E-state index in [1.54, 1.807) is 5.57 Å². The van der Waals surface area contributed by atoms with Crippen LogP contribution >= 0.6 is 0 Å². The van der Waals surface area contributed by atoms with Crippen LogP contribution in [0.2, 0.25) is 0 Å². The normalized spacial score (nSPS) is 15.8. The van der Waals surface area contributed by atoms with Gasteiger partial charge in [-0.05, 0) is 124 Å². The van der Waals surface area contributed by atoms with Crippen LogP contribution < -0.4 is 4.90 Å². The minimum Gasteiger partial charge on any atom is -0.310 e. The highest BCUT2D eigenvalue weighted by Gasteiger charge is 2.40. The zero-order chi connectivity index (χ0) is 36.4. The van der Waals surface area contributed by atoms with Gasteiger partial charge in [-0.2, -0.15) is 0 Å². The molecule has 0 spiro atoms. The Labute approximate surface area is 318 Å². The lowest BCUT2D eigenvalue weighted by molar-refractivity contribution is 0.530. The Balaban J connectivity index is 1.02. The van der Waals surface area contributed by atoms with Crippen molar-refractivity contribution in [1.82, 2.24) is 4.57 Å². The highest BCUT2D eigenvalue weighted by molar-refractivity contribution is 6.10. The van der Waals surface area contributed by atoms with Crippen LogP contribution in [0.1, 0.15) is 38.3 Å². The first-order chi connectivity index (χ1) is 26.5. The maximum Gasteiger partial charge on any atom is 0.0541 e. The molecule has 2 heteroatoms. The van der Waals surface area contributed by atoms with Crippen LogP contribution in [-0.4, -0.2) is 4.57 Å². The fourth-order valence-electron chi connectivity index (χ4n) is 9.31. The van der Waals surface area contributed by atoms with E-state index in [0.29, 0.717) is 5.92 Å². The van der Waals surface area contributed by atoms with Gasteiger partial charge in [0.05, 0.1) is 11.0 Å². The van der Waals surface area contributed by atoms with Crippen LogP contribution in [-0.2, 0) is 5.41 Å². The molecule has 0 N–H and O–H groups in total. The summed E-state index contributed by atoms with van der Waals surface area (Å²) in [5.74, 6) is 0.552. The Morgan fingerprint density at radius 1 is 0.537 bits per heavy atom. The molecule has 0 fully saturated rings. The number of para-hydroxylation sites is 2. The summed E-state index contributed by atoms with van der Waals surface area (Å²) >= 11 is 0. The minimum atomic E-state index is -0.00948. The number of hydrogen-bond donors (Lipinski definition) is 0. The summed E-state index contributed by atoms with van der Waals surface area (Å²) < 4.78 is 2.39. The van der Waals surface area contributed by atoms with Crippen LogP contribution in [0.5, 0.6) is 0 Å². The lowest BCUT2D eigenvalue weighted by atomic mass is 9.74. The van der Waals surface area contributed by atoms with E-state index in [2.05, 4.69) is 212 Å². The molecule has 1 atom stereocenters. The second-order valence-corrected chi connectivity index (χ2v) is 15.4. The van der Waals surface area contributed by atoms with Crippen molar-refractivity contribution in [1.29, 1.82) is 0 Å². The number of anilines is 3. The van der Waals surface area contributed by atoms with Gasteiger partial charge in [0.25, 0.3) is 0 Å². The number of aromatic nitrogens is 1. The largest absolute Gasteiger partial charge is 0.310 e. The average Bonchev–Trinajstić information content (AvgIpc) is 3.67. The van der Waals surface area contributed by atoms with E-state index >= 15 is 0 Å². The van der Waals surface area contributed by atoms with Crippen molar-refractivity contribution in [2.75, 3.05) is 4.90 Å². The quantitative estimate of drug-likeness (QED) is 0.168. The molecule has 2 nitrogen and oxygen atoms in total. The molecule has 1 unspecified atom stereocenters. The third kappa shape index (κ3) is 5.16. The summed E-state index contributed by atoms with van der Waals surface area (Å²) in [7, 11) is 0. The van der Waals surface area contributed by atoms with E-state index in [1.807, 2.05) is 0 Å². The van der Waals surface area contributed by atoms with Crippen LogP contribution in [0.4, 0.5) is 17.1 Å². The van der Waals surface area contributed by atoms with Gasteiger partial charge >= 0.3 is 0 Å². The summed E-state index contributed by atoms with van der Waals surface area (Å²) in [6.07, 6.45) is 5.82. The Morgan fingerprint density at radius 3 is 1.91 bits per heavy atom. The van der Waals surface area contributed by atoms with E-state index < -0.39 is 0 Å². The van der Waals surface area contributed by atoms with Crippen LogP contribution in [0.25, 0.3) is 55.3 Å². The monoisotopic (exact) mass is 694 g/mol. The first-order valence-corrected chi connectivity index (χ1v) is 19.2. The average molecular weight is 695 g/mol. The van der Waals surface area contributed by atoms with Crippen molar-refractivity contribution in [3.05, 3.63) is 199 Å². The van der Waals surface area contributed by atoms with Crippen molar-refractivity contribution >= 4 is 44.4 Å². The van der Waals surface area contributed by atoms with Gasteiger partial charge in [0.15, 0.2) is 0 Å². The second kappa shape index (κ2) is 12.6. The van der Waals surface area contributed by atoms with Gasteiger partial charge in [0, 0.05) is 38.9 Å². The molecule has 1 heterocycles. The Kier molecular flexibility index (Phi) is 7.56. The van der Waals surface area contributed by atoms with Gasteiger partial charge < -0.3 is 9.47 Å². The summed E-state index contributed by atoms with van der Waals surface area (Å²) in [6, 6.07) is 62.2. The molecule has 0 aliphatic heterocycles. The first-order valence-electron chi connectivity index (χ1n) is 19.2. The van der Waals surface area contributed by atoms with Gasteiger partial charge in [-0.25, -0.2) is 0 Å². The number of fused-ring (bicyclic) bond motifs is 5. The Bertz CT molecular complexity index is 2750. The summed E-state index contributed by atoms with van der Waals surface area (Å²) in [5, 5.41) is 2.51. The van der Waals surface area contributed by atoms with Gasteiger partial charge in [0.1, 0.15) is 0 Å². The summed E-state index contributed by atoms with van der Waals surface area (Å²) in [6.45, 7) is 7.20. The predicted molar refractivity (Wildman–Crippen MR) is 229 cm³/mol. The fraction of sp³-hybridized carbons (Fsp3) is 0.115. The lowest BCUT2D eigenvalue weighted by Crippen LogP contribution is -2.22. The van der Waals surface area contributed by atoms with E-state index in [4.69, 9.17) is 0 Å². The maximum absolute atomic E-state index is 2.44. The van der Waals surface area contributed by atoms with Gasteiger partial charge in [-0.15, -0.1) is 0 Å². The van der Waals surface area contributed by atoms with Gasteiger partial charge in [-0.1, -0.05) is 136 Å².